The molecule has 5 nitrogen and oxygen atoms in total. The summed E-state index contributed by atoms with van der Waals surface area (Å²) in [5.74, 6) is 0.226. The largest absolute Gasteiger partial charge is 0.444 e. The molecule has 0 aliphatic carbocycles. The van der Waals surface area contributed by atoms with Crippen LogP contribution in [0, 0.1) is 0 Å². The van der Waals surface area contributed by atoms with Crippen LogP contribution >= 0.6 is 0 Å². The van der Waals surface area contributed by atoms with Crippen LogP contribution in [-0.2, 0) is 9.53 Å². The van der Waals surface area contributed by atoms with Crippen molar-refractivity contribution in [2.24, 2.45) is 0 Å². The quantitative estimate of drug-likeness (QED) is 0.684. The van der Waals surface area contributed by atoms with Crippen molar-refractivity contribution in [2.45, 2.75) is 44.8 Å². The minimum atomic E-state index is -0.489. The van der Waals surface area contributed by atoms with Gasteiger partial charge in [0.1, 0.15) is 5.60 Å². The first kappa shape index (κ1) is 12.4. The van der Waals surface area contributed by atoms with Crippen LogP contribution in [0.1, 0.15) is 33.6 Å². The van der Waals surface area contributed by atoms with Crippen molar-refractivity contribution in [3.8, 4) is 0 Å². The summed E-state index contributed by atoms with van der Waals surface area (Å²) < 4.78 is 5.31. The molecule has 96 valence electrons. The fourth-order valence-corrected chi connectivity index (χ4v) is 2.42. The minimum absolute atomic E-state index is 0.226. The van der Waals surface area contributed by atoms with E-state index < -0.39 is 11.1 Å². The number of carbonyl (C=O) groups excluding carboxylic acids is 2. The molecule has 2 aliphatic heterocycles. The van der Waals surface area contributed by atoms with Gasteiger partial charge in [-0.15, -0.1) is 0 Å². The van der Waals surface area contributed by atoms with Gasteiger partial charge in [-0.05, 0) is 27.2 Å². The number of nitrogens with one attached hydrogen (secondary N) is 1. The zero-order chi connectivity index (χ0) is 12.7. The molecule has 2 fully saturated rings. The summed E-state index contributed by atoms with van der Waals surface area (Å²) in [5.41, 5.74) is -0.975. The number of nitrogens with zero attached hydrogens (tertiary/aromatic N) is 1. The smallest absolute Gasteiger partial charge is 0.410 e. The molecule has 1 spiro atoms. The first-order valence-corrected chi connectivity index (χ1v) is 6.09. The number of hydrogen-bond acceptors (Lipinski definition) is 4. The number of likely N-dealkylation sites (tertiary alicyclic amines) is 1. The van der Waals surface area contributed by atoms with E-state index in [0.717, 1.165) is 6.54 Å². The first-order chi connectivity index (χ1) is 7.82. The maximum absolute atomic E-state index is 11.9. The molecule has 2 heterocycles. The Morgan fingerprint density at radius 3 is 2.71 bits per heavy atom. The topological polar surface area (TPSA) is 58.6 Å². The van der Waals surface area contributed by atoms with E-state index in [0.29, 0.717) is 25.9 Å². The normalized spacial score (nSPS) is 29.1. The van der Waals surface area contributed by atoms with E-state index in [1.807, 2.05) is 20.8 Å². The van der Waals surface area contributed by atoms with Crippen LogP contribution < -0.4 is 5.32 Å². The molecule has 0 aromatic carbocycles. The Hall–Kier alpha value is -1.10. The number of rotatable bonds is 0. The molecule has 2 saturated heterocycles. The predicted octanol–water partition coefficient (Wildman–Crippen LogP) is 0.928. The predicted molar refractivity (Wildman–Crippen MR) is 62.8 cm³/mol. The van der Waals surface area contributed by atoms with Crippen LogP contribution in [0.3, 0.4) is 0 Å². The highest BCUT2D eigenvalue weighted by Gasteiger charge is 2.48. The summed E-state index contributed by atoms with van der Waals surface area (Å²) in [4.78, 5) is 25.3. The van der Waals surface area contributed by atoms with Crippen molar-refractivity contribution in [1.29, 1.82) is 0 Å². The number of ether oxygens (including phenoxy) is 1. The van der Waals surface area contributed by atoms with Crippen molar-refractivity contribution in [1.82, 2.24) is 10.2 Å². The van der Waals surface area contributed by atoms with Gasteiger partial charge in [0.05, 0.1) is 5.54 Å². The average molecular weight is 240 g/mol. The van der Waals surface area contributed by atoms with E-state index in [1.165, 1.54) is 0 Å². The fourth-order valence-electron chi connectivity index (χ4n) is 2.42. The standard InChI is InChI=1S/C12H20N2O3/c1-11(2,3)17-10(16)14-7-5-12(8-14)9(15)4-6-13-12/h13H,4-8H2,1-3H3. The molecule has 0 bridgehead atoms. The lowest BCUT2D eigenvalue weighted by Crippen LogP contribution is -2.48. The van der Waals surface area contributed by atoms with Crippen LogP contribution in [0.25, 0.3) is 0 Å². The second kappa shape index (κ2) is 3.98. The van der Waals surface area contributed by atoms with Gasteiger partial charge in [-0.2, -0.15) is 0 Å². The third kappa shape index (κ3) is 2.44. The third-order valence-corrected chi connectivity index (χ3v) is 3.27. The SMILES string of the molecule is CC(C)(C)OC(=O)N1CCC2(C1)NCCC2=O. The summed E-state index contributed by atoms with van der Waals surface area (Å²) in [7, 11) is 0. The highest BCUT2D eigenvalue weighted by molar-refractivity contribution is 5.92. The average Bonchev–Trinajstić information content (AvgIpc) is 2.74. The number of amides is 1. The van der Waals surface area contributed by atoms with Gasteiger partial charge < -0.3 is 15.0 Å². The summed E-state index contributed by atoms with van der Waals surface area (Å²) in [5, 5.41) is 3.23. The van der Waals surface area contributed by atoms with Gasteiger partial charge in [0.2, 0.25) is 0 Å². The molecule has 0 radical (unpaired) electrons. The van der Waals surface area contributed by atoms with E-state index in [4.69, 9.17) is 4.74 Å². The van der Waals surface area contributed by atoms with Gasteiger partial charge in [0.25, 0.3) is 0 Å². The summed E-state index contributed by atoms with van der Waals surface area (Å²) in [6.45, 7) is 7.29. The lowest BCUT2D eigenvalue weighted by atomic mass is 9.95. The molecule has 1 amide bonds. The van der Waals surface area contributed by atoms with Crippen LogP contribution in [-0.4, -0.2) is 47.6 Å². The van der Waals surface area contributed by atoms with Crippen molar-refractivity contribution < 1.29 is 14.3 Å². The number of Topliss-reactive ketones (excluding diaryl/α,β-unsaturated/α-hetero) is 1. The number of carbonyl (C=O) groups is 2. The van der Waals surface area contributed by atoms with Crippen molar-refractivity contribution >= 4 is 11.9 Å². The van der Waals surface area contributed by atoms with Gasteiger partial charge in [0, 0.05) is 26.1 Å². The summed E-state index contributed by atoms with van der Waals surface area (Å²) in [6.07, 6.45) is 0.948. The molecule has 0 aromatic rings. The Bertz CT molecular complexity index is 348. The summed E-state index contributed by atoms with van der Waals surface area (Å²) in [6, 6.07) is 0. The minimum Gasteiger partial charge on any atom is -0.444 e. The Kier molecular flexibility index (Phi) is 2.89. The Morgan fingerprint density at radius 2 is 2.18 bits per heavy atom. The van der Waals surface area contributed by atoms with Gasteiger partial charge in [-0.3, -0.25) is 4.79 Å². The third-order valence-electron chi connectivity index (χ3n) is 3.27. The van der Waals surface area contributed by atoms with Crippen LogP contribution in [0.5, 0.6) is 0 Å². The molecule has 5 heteroatoms. The molecule has 1 atom stereocenters. The van der Waals surface area contributed by atoms with E-state index in [9.17, 15) is 9.59 Å². The Labute approximate surface area is 101 Å². The molecule has 0 aromatic heterocycles. The zero-order valence-electron chi connectivity index (χ0n) is 10.7. The molecule has 1 unspecified atom stereocenters. The molecular weight excluding hydrogens is 220 g/mol. The van der Waals surface area contributed by atoms with Gasteiger partial charge in [0.15, 0.2) is 5.78 Å². The summed E-state index contributed by atoms with van der Waals surface area (Å²) >= 11 is 0. The number of hydrogen-bond donors (Lipinski definition) is 1. The molecule has 0 saturated carbocycles. The highest BCUT2D eigenvalue weighted by Crippen LogP contribution is 2.28. The maximum atomic E-state index is 11.9. The molecular formula is C12H20N2O3. The highest BCUT2D eigenvalue weighted by atomic mass is 16.6. The first-order valence-electron chi connectivity index (χ1n) is 6.09. The second-order valence-corrected chi connectivity index (χ2v) is 5.83. The van der Waals surface area contributed by atoms with E-state index >= 15 is 0 Å². The van der Waals surface area contributed by atoms with Crippen molar-refractivity contribution in [3.05, 3.63) is 0 Å². The molecule has 1 N–H and O–H groups in total. The van der Waals surface area contributed by atoms with Crippen molar-refractivity contribution in [3.63, 3.8) is 0 Å². The molecule has 2 rings (SSSR count). The van der Waals surface area contributed by atoms with Gasteiger partial charge in [-0.25, -0.2) is 4.79 Å². The Morgan fingerprint density at radius 1 is 1.47 bits per heavy atom. The molecule has 17 heavy (non-hydrogen) atoms. The van der Waals surface area contributed by atoms with Gasteiger partial charge in [-0.1, -0.05) is 0 Å². The van der Waals surface area contributed by atoms with E-state index in [2.05, 4.69) is 5.32 Å². The van der Waals surface area contributed by atoms with Crippen LogP contribution in [0.15, 0.2) is 0 Å². The van der Waals surface area contributed by atoms with Crippen molar-refractivity contribution in [2.75, 3.05) is 19.6 Å². The lowest BCUT2D eigenvalue weighted by Gasteiger charge is -2.26. The van der Waals surface area contributed by atoms with Crippen LogP contribution in [0.2, 0.25) is 0 Å². The van der Waals surface area contributed by atoms with E-state index in [-0.39, 0.29) is 11.9 Å². The van der Waals surface area contributed by atoms with Crippen LogP contribution in [0.4, 0.5) is 4.79 Å². The zero-order valence-corrected chi connectivity index (χ0v) is 10.7. The van der Waals surface area contributed by atoms with E-state index in [1.54, 1.807) is 4.90 Å². The second-order valence-electron chi connectivity index (χ2n) is 5.83. The number of ketones is 1. The molecule has 2 aliphatic rings. The Balaban J connectivity index is 1.98. The fraction of sp³-hybridized carbons (Fsp3) is 0.833. The lowest BCUT2D eigenvalue weighted by molar-refractivity contribution is -0.121. The maximum Gasteiger partial charge on any atom is 0.410 e. The van der Waals surface area contributed by atoms with Gasteiger partial charge >= 0.3 is 6.09 Å². The monoisotopic (exact) mass is 240 g/mol.